The molecule has 0 radical (unpaired) electrons. The molecular formula is C55H86N2O15. The molecule has 3 fully saturated rings. The van der Waals surface area contributed by atoms with Crippen LogP contribution in [0, 0.1) is 23.7 Å². The fraction of sp³-hybridized carbons (Fsp3) is 0.727. The molecule has 0 amide bonds. The van der Waals surface area contributed by atoms with Crippen molar-refractivity contribution in [3.63, 3.8) is 0 Å². The van der Waals surface area contributed by atoms with Gasteiger partial charge in [0, 0.05) is 50.2 Å². The summed E-state index contributed by atoms with van der Waals surface area (Å²) < 4.78 is 50.8. The molecule has 0 aromatic heterocycles. The number of nitrogens with zero attached hydrogens (tertiary/aromatic N) is 2. The normalized spacial score (nSPS) is 38.9. The van der Waals surface area contributed by atoms with Crippen molar-refractivity contribution < 1.29 is 72.7 Å². The lowest BCUT2D eigenvalue weighted by atomic mass is 9.73. The van der Waals surface area contributed by atoms with E-state index in [0.29, 0.717) is 31.6 Å². The summed E-state index contributed by atoms with van der Waals surface area (Å²) in [6, 6.07) is 18.7. The maximum atomic E-state index is 14.7. The maximum Gasteiger partial charge on any atom is 0.311 e. The first kappa shape index (κ1) is 59.1. The minimum Gasteiger partial charge on any atom is -0.493 e. The second-order valence-corrected chi connectivity index (χ2v) is 21.4. The van der Waals surface area contributed by atoms with Gasteiger partial charge >= 0.3 is 11.9 Å². The zero-order valence-corrected chi connectivity index (χ0v) is 45.0. The fourth-order valence-electron chi connectivity index (χ4n) is 10.8. The minimum absolute atomic E-state index is 0.0330. The van der Waals surface area contributed by atoms with Gasteiger partial charge < -0.3 is 68.1 Å². The average molecular weight is 1020 g/mol. The monoisotopic (exact) mass is 1010 g/mol. The van der Waals surface area contributed by atoms with Crippen LogP contribution in [-0.2, 0) is 54.0 Å². The highest BCUT2D eigenvalue weighted by Gasteiger charge is 2.54. The van der Waals surface area contributed by atoms with Crippen molar-refractivity contribution in [2.75, 3.05) is 34.4 Å². The van der Waals surface area contributed by atoms with Crippen LogP contribution in [0.1, 0.15) is 113 Å². The fourth-order valence-corrected chi connectivity index (χ4v) is 10.8. The van der Waals surface area contributed by atoms with Crippen LogP contribution in [0.4, 0.5) is 0 Å². The van der Waals surface area contributed by atoms with Gasteiger partial charge in [0.1, 0.15) is 35.8 Å². The molecule has 18 atom stereocenters. The number of benzene rings is 2. The highest BCUT2D eigenvalue weighted by molar-refractivity contribution is 5.88. The minimum atomic E-state index is -1.99. The number of aliphatic hydroxyl groups excluding tert-OH is 2. The number of para-hydroxylation sites is 1. The Kier molecular flexibility index (Phi) is 21.5. The van der Waals surface area contributed by atoms with Gasteiger partial charge in [-0.05, 0) is 99.0 Å². The van der Waals surface area contributed by atoms with Gasteiger partial charge in [0.05, 0.1) is 54.4 Å². The molecule has 406 valence electrons. The first-order valence-electron chi connectivity index (χ1n) is 25.9. The van der Waals surface area contributed by atoms with Crippen molar-refractivity contribution in [3.05, 3.63) is 66.2 Å². The van der Waals surface area contributed by atoms with Gasteiger partial charge in [0.25, 0.3) is 0 Å². The number of methoxy groups -OCH3 is 1. The number of rotatable bonds is 17. The molecule has 2 unspecified atom stereocenters. The summed E-state index contributed by atoms with van der Waals surface area (Å²) in [5, 5.41) is 53.8. The Morgan fingerprint density at radius 2 is 1.51 bits per heavy atom. The Labute approximate surface area is 427 Å². The number of carbonyl (C=O) groups is 2. The average Bonchev–Trinajstić information content (AvgIpc) is 3.34. The van der Waals surface area contributed by atoms with Gasteiger partial charge in [-0.2, -0.15) is 0 Å². The molecule has 3 aliphatic heterocycles. The van der Waals surface area contributed by atoms with Crippen LogP contribution in [0.5, 0.6) is 5.75 Å². The zero-order valence-electron chi connectivity index (χ0n) is 45.0. The van der Waals surface area contributed by atoms with Crippen molar-refractivity contribution in [2.45, 2.75) is 198 Å². The summed E-state index contributed by atoms with van der Waals surface area (Å²) in [6.45, 7) is 17.8. The summed E-state index contributed by atoms with van der Waals surface area (Å²) in [5.41, 5.74) is -3.56. The molecule has 17 nitrogen and oxygen atoms in total. The molecule has 72 heavy (non-hydrogen) atoms. The first-order valence-corrected chi connectivity index (χ1v) is 25.9. The molecule has 17 heteroatoms. The van der Waals surface area contributed by atoms with Gasteiger partial charge in [-0.3, -0.25) is 9.59 Å². The number of aryl methyl sites for hydroxylation is 1. The number of carbonyl (C=O) groups excluding carboxylic acids is 2. The third-order valence-electron chi connectivity index (χ3n) is 15.1. The Hall–Kier alpha value is -3.75. The van der Waals surface area contributed by atoms with Gasteiger partial charge in [-0.1, -0.05) is 81.4 Å². The molecular weight excluding hydrogens is 929 g/mol. The molecule has 3 saturated heterocycles. The Balaban J connectivity index is 1.51. The van der Waals surface area contributed by atoms with Gasteiger partial charge in [-0.25, -0.2) is 0 Å². The largest absolute Gasteiger partial charge is 0.493 e. The molecule has 5 rings (SSSR count). The van der Waals surface area contributed by atoms with E-state index in [9.17, 15) is 30.0 Å². The third kappa shape index (κ3) is 15.0. The summed E-state index contributed by atoms with van der Waals surface area (Å²) in [7, 11) is 5.26. The van der Waals surface area contributed by atoms with E-state index in [2.05, 4.69) is 5.16 Å². The van der Waals surface area contributed by atoms with Crippen LogP contribution in [0.25, 0.3) is 0 Å². The third-order valence-corrected chi connectivity index (χ3v) is 15.1. The molecule has 0 spiro atoms. The van der Waals surface area contributed by atoms with Crippen molar-refractivity contribution >= 4 is 17.7 Å². The predicted octanol–water partition coefficient (Wildman–Crippen LogP) is 6.24. The second-order valence-electron chi connectivity index (χ2n) is 21.4. The maximum absolute atomic E-state index is 14.7. The quantitative estimate of drug-likeness (QED) is 0.0784. The van der Waals surface area contributed by atoms with E-state index in [4.69, 9.17) is 42.7 Å². The summed E-state index contributed by atoms with van der Waals surface area (Å²) in [6.07, 6.45) is -8.55. The molecule has 2 aromatic carbocycles. The van der Waals surface area contributed by atoms with E-state index in [1.807, 2.05) is 100 Å². The van der Waals surface area contributed by atoms with E-state index in [0.717, 1.165) is 11.3 Å². The number of ether oxygens (including phenoxy) is 8. The van der Waals surface area contributed by atoms with Crippen LogP contribution in [0.15, 0.2) is 65.8 Å². The number of oxime groups is 1. The Bertz CT molecular complexity index is 2010. The molecule has 0 bridgehead atoms. The lowest BCUT2D eigenvalue weighted by molar-refractivity contribution is -0.318. The van der Waals surface area contributed by atoms with E-state index in [1.165, 1.54) is 14.0 Å². The number of esters is 2. The Morgan fingerprint density at radius 1 is 0.861 bits per heavy atom. The highest BCUT2D eigenvalue weighted by atomic mass is 16.7. The molecule has 0 aliphatic carbocycles. The van der Waals surface area contributed by atoms with E-state index >= 15 is 0 Å². The number of cyclic esters (lactones) is 1. The van der Waals surface area contributed by atoms with Crippen molar-refractivity contribution in [3.8, 4) is 5.75 Å². The summed E-state index contributed by atoms with van der Waals surface area (Å²) >= 11 is 0. The van der Waals surface area contributed by atoms with Gasteiger partial charge in [0.2, 0.25) is 0 Å². The number of aliphatic hydroxyl groups is 4. The highest BCUT2D eigenvalue weighted by Crippen LogP contribution is 2.42. The number of hydrogen-bond donors (Lipinski definition) is 4. The second kappa shape index (κ2) is 26.1. The van der Waals surface area contributed by atoms with Crippen molar-refractivity contribution in [2.24, 2.45) is 28.8 Å². The standard InChI is InChI=1S/C55H86N2O15/c1-14-42-55(10,63)48(60)35(4)45(56-66-29-21-28-65-40-24-19-16-20-25-40)33(2)31-53(8,62)49(72-52-46(59)41(57(11)12)30-34(3)67-52)36(5)47(37(6)51(61)69-42)71-44-32-54(9,64-13)50(38(7)68-44)70-43(58)27-26-39-22-17-15-18-23-39/h15-20,22-25,33-38,41-42,44,46-50,52,59-60,62-63H,14,21,26-32H2,1-13H3/b56-45+/t33-,34-,35-,36+,37-,38+,41+,42+,44?,46-,47+,48-,49-,50+,52+,53?,54-,55-/m1/s1. The van der Waals surface area contributed by atoms with Crippen molar-refractivity contribution in [1.29, 1.82) is 0 Å². The van der Waals surface area contributed by atoms with E-state index < -0.39 is 108 Å². The van der Waals surface area contributed by atoms with Gasteiger partial charge in [-0.15, -0.1) is 0 Å². The van der Waals surface area contributed by atoms with Crippen LogP contribution in [0.3, 0.4) is 0 Å². The number of likely N-dealkylation sites (N-methyl/N-ethyl adjacent to an activating group) is 1. The topological polar surface area (TPSA) is 214 Å². The first-order chi connectivity index (χ1) is 33.9. The predicted molar refractivity (Wildman–Crippen MR) is 270 cm³/mol. The van der Waals surface area contributed by atoms with Crippen LogP contribution >= 0.6 is 0 Å². The molecule has 0 saturated carbocycles. The van der Waals surface area contributed by atoms with Crippen LogP contribution < -0.4 is 4.74 Å². The van der Waals surface area contributed by atoms with E-state index in [1.54, 1.807) is 41.5 Å². The Morgan fingerprint density at radius 3 is 2.14 bits per heavy atom. The lowest BCUT2D eigenvalue weighted by Gasteiger charge is -2.49. The summed E-state index contributed by atoms with van der Waals surface area (Å²) in [4.78, 5) is 35.8. The van der Waals surface area contributed by atoms with Crippen molar-refractivity contribution in [1.82, 2.24) is 4.90 Å². The van der Waals surface area contributed by atoms with Gasteiger partial charge in [0.15, 0.2) is 18.7 Å². The number of hydrogen-bond acceptors (Lipinski definition) is 17. The molecule has 2 aromatic rings. The lowest BCUT2D eigenvalue weighted by Crippen LogP contribution is -2.61. The molecule has 3 aliphatic rings. The van der Waals surface area contributed by atoms with Crippen LogP contribution in [-0.4, -0.2) is 162 Å². The summed E-state index contributed by atoms with van der Waals surface area (Å²) in [5.74, 6) is -3.93. The zero-order chi connectivity index (χ0) is 53.1. The van der Waals surface area contributed by atoms with E-state index in [-0.39, 0.29) is 44.4 Å². The molecule has 3 heterocycles. The van der Waals surface area contributed by atoms with Crippen LogP contribution in [0.2, 0.25) is 0 Å². The molecule has 4 N–H and O–H groups in total. The smallest absolute Gasteiger partial charge is 0.311 e. The SMILES string of the molecule is CC[C@@H]1OC(=O)[C@H](C)[C@@H](OC2C[C@@](C)(OC)[C@@H](OC(=O)CCc3ccccc3)[C@H](C)O2)[C@H](C)[C@@H](O[C@@H]2O[C@H](C)C[C@H](N(C)C)[C@H]2O)C(C)(O)C[C@@H](C)/C(=N\OCCCOc2ccccc2)[C@@H](C)[C@@H](O)[C@]1(C)O.